The summed E-state index contributed by atoms with van der Waals surface area (Å²) >= 11 is 0. The fraction of sp³-hybridized carbons (Fsp3) is 0.500. The third kappa shape index (κ3) is 4.71. The molecule has 1 unspecified atom stereocenters. The first-order valence-electron chi connectivity index (χ1n) is 6.66. The van der Waals surface area contributed by atoms with Crippen molar-refractivity contribution in [3.05, 3.63) is 34.4 Å². The molecule has 0 bridgehead atoms. The van der Waals surface area contributed by atoms with Crippen molar-refractivity contribution >= 4 is 11.7 Å². The topological polar surface area (TPSA) is 90.7 Å². The Labute approximate surface area is 123 Å². The summed E-state index contributed by atoms with van der Waals surface area (Å²) < 4.78 is 10.5. The van der Waals surface area contributed by atoms with Gasteiger partial charge in [0.05, 0.1) is 24.2 Å². The fourth-order valence-electron chi connectivity index (χ4n) is 1.68. The zero-order chi connectivity index (χ0) is 15.9. The number of likely N-dealkylation sites (N-methyl/N-ethyl adjacent to an activating group) is 1. The van der Waals surface area contributed by atoms with Gasteiger partial charge in [0.1, 0.15) is 11.3 Å². The summed E-state index contributed by atoms with van der Waals surface area (Å²) in [6.45, 7) is 4.01. The van der Waals surface area contributed by atoms with E-state index in [4.69, 9.17) is 9.47 Å². The van der Waals surface area contributed by atoms with Crippen molar-refractivity contribution in [3.8, 4) is 5.75 Å². The molecule has 7 heteroatoms. The first-order chi connectivity index (χ1) is 9.92. The predicted molar refractivity (Wildman–Crippen MR) is 77.3 cm³/mol. The summed E-state index contributed by atoms with van der Waals surface area (Å²) in [5, 5.41) is 13.6. The van der Waals surface area contributed by atoms with E-state index in [1.54, 1.807) is 33.0 Å². The van der Waals surface area contributed by atoms with Gasteiger partial charge in [-0.25, -0.2) is 0 Å². The van der Waals surface area contributed by atoms with Crippen molar-refractivity contribution in [1.29, 1.82) is 0 Å². The second-order valence-electron chi connectivity index (χ2n) is 4.66. The lowest BCUT2D eigenvalue weighted by Crippen LogP contribution is -2.49. The third-order valence-corrected chi connectivity index (χ3v) is 3.18. The van der Waals surface area contributed by atoms with E-state index in [0.29, 0.717) is 18.8 Å². The number of non-ortho nitro benzene ring substituents is 1. The molecule has 1 rings (SSSR count). The highest BCUT2D eigenvalue weighted by Crippen LogP contribution is 2.20. The van der Waals surface area contributed by atoms with E-state index in [1.165, 1.54) is 12.1 Å². The molecule has 1 aromatic rings. The lowest BCUT2D eigenvalue weighted by atomic mass is 9.99. The van der Waals surface area contributed by atoms with E-state index in [9.17, 15) is 14.9 Å². The van der Waals surface area contributed by atoms with Gasteiger partial charge in [-0.15, -0.1) is 0 Å². The van der Waals surface area contributed by atoms with Crippen LogP contribution in [0.15, 0.2) is 24.3 Å². The maximum atomic E-state index is 11.9. The van der Waals surface area contributed by atoms with Crippen molar-refractivity contribution in [2.75, 3.05) is 20.3 Å². The SMILES string of the molecule is CCOC(=O)C(C)(CCOc1cccc([N+](=O)[O-])c1)NC. The number of nitrogens with zero attached hydrogens (tertiary/aromatic N) is 1. The predicted octanol–water partition coefficient (Wildman–Crippen LogP) is 1.90. The van der Waals surface area contributed by atoms with E-state index in [2.05, 4.69) is 5.32 Å². The smallest absolute Gasteiger partial charge is 0.326 e. The first-order valence-corrected chi connectivity index (χ1v) is 6.66. The molecular weight excluding hydrogens is 276 g/mol. The van der Waals surface area contributed by atoms with Gasteiger partial charge in [-0.2, -0.15) is 0 Å². The van der Waals surface area contributed by atoms with Gasteiger partial charge in [0.25, 0.3) is 5.69 Å². The minimum atomic E-state index is -0.850. The minimum absolute atomic E-state index is 0.0331. The molecule has 7 nitrogen and oxygen atoms in total. The average Bonchev–Trinajstić information content (AvgIpc) is 2.47. The molecule has 0 fully saturated rings. The van der Waals surface area contributed by atoms with Crippen molar-refractivity contribution < 1.29 is 19.2 Å². The third-order valence-electron chi connectivity index (χ3n) is 3.18. The maximum Gasteiger partial charge on any atom is 0.326 e. The van der Waals surface area contributed by atoms with Crippen LogP contribution in [0.25, 0.3) is 0 Å². The quantitative estimate of drug-likeness (QED) is 0.447. The van der Waals surface area contributed by atoms with Crippen LogP contribution in [-0.2, 0) is 9.53 Å². The molecule has 0 spiro atoms. The maximum absolute atomic E-state index is 11.9. The monoisotopic (exact) mass is 296 g/mol. The van der Waals surface area contributed by atoms with Crippen molar-refractivity contribution in [2.45, 2.75) is 25.8 Å². The van der Waals surface area contributed by atoms with Gasteiger partial charge in [-0.05, 0) is 27.0 Å². The Morgan fingerprint density at radius 2 is 2.19 bits per heavy atom. The van der Waals surface area contributed by atoms with Gasteiger partial charge in [0.2, 0.25) is 0 Å². The van der Waals surface area contributed by atoms with E-state index in [-0.39, 0.29) is 18.3 Å². The molecule has 116 valence electrons. The Balaban J connectivity index is 2.61. The number of esters is 1. The Morgan fingerprint density at radius 3 is 2.76 bits per heavy atom. The number of carbonyl (C=O) groups is 1. The molecule has 0 amide bonds. The molecule has 0 heterocycles. The molecule has 21 heavy (non-hydrogen) atoms. The fourth-order valence-corrected chi connectivity index (χ4v) is 1.68. The van der Waals surface area contributed by atoms with Crippen LogP contribution in [0.2, 0.25) is 0 Å². The van der Waals surface area contributed by atoms with Crippen LogP contribution >= 0.6 is 0 Å². The van der Waals surface area contributed by atoms with Crippen LogP contribution in [-0.4, -0.2) is 36.7 Å². The minimum Gasteiger partial charge on any atom is -0.493 e. The molecule has 0 aromatic heterocycles. The number of hydrogen-bond acceptors (Lipinski definition) is 6. The number of nitro benzene ring substituents is 1. The number of ether oxygens (including phenoxy) is 2. The van der Waals surface area contributed by atoms with E-state index in [0.717, 1.165) is 0 Å². The van der Waals surface area contributed by atoms with Crippen molar-refractivity contribution in [2.24, 2.45) is 0 Å². The molecule has 0 radical (unpaired) electrons. The van der Waals surface area contributed by atoms with E-state index < -0.39 is 10.5 Å². The van der Waals surface area contributed by atoms with Gasteiger partial charge >= 0.3 is 5.97 Å². The highest BCUT2D eigenvalue weighted by Gasteiger charge is 2.32. The van der Waals surface area contributed by atoms with Crippen LogP contribution in [0.5, 0.6) is 5.75 Å². The van der Waals surface area contributed by atoms with Crippen molar-refractivity contribution in [1.82, 2.24) is 5.32 Å². The summed E-state index contributed by atoms with van der Waals surface area (Å²) in [6, 6.07) is 5.93. The number of carbonyl (C=O) groups excluding carboxylic acids is 1. The second-order valence-corrected chi connectivity index (χ2v) is 4.66. The number of nitro groups is 1. The second kappa shape index (κ2) is 7.58. The Bertz CT molecular complexity index is 506. The normalized spacial score (nSPS) is 13.3. The molecule has 0 aliphatic rings. The molecule has 1 N–H and O–H groups in total. The molecule has 0 aliphatic carbocycles. The van der Waals surface area contributed by atoms with Crippen LogP contribution < -0.4 is 10.1 Å². The summed E-state index contributed by atoms with van der Waals surface area (Å²) in [6.07, 6.45) is 0.380. The zero-order valence-electron chi connectivity index (χ0n) is 12.4. The van der Waals surface area contributed by atoms with Gasteiger partial charge < -0.3 is 14.8 Å². The summed E-state index contributed by atoms with van der Waals surface area (Å²) in [7, 11) is 1.67. The van der Waals surface area contributed by atoms with Crippen LogP contribution in [0.3, 0.4) is 0 Å². The van der Waals surface area contributed by atoms with Gasteiger partial charge in [0, 0.05) is 12.5 Å². The Morgan fingerprint density at radius 1 is 1.48 bits per heavy atom. The molecule has 0 saturated carbocycles. The van der Waals surface area contributed by atoms with E-state index in [1.807, 2.05) is 0 Å². The van der Waals surface area contributed by atoms with Gasteiger partial charge in [0.15, 0.2) is 0 Å². The van der Waals surface area contributed by atoms with Crippen LogP contribution in [0.1, 0.15) is 20.3 Å². The summed E-state index contributed by atoms with van der Waals surface area (Å²) in [5.74, 6) is 0.0432. The molecular formula is C14H20N2O5. The molecule has 0 aliphatic heterocycles. The Kier molecular flexibility index (Phi) is 6.10. The lowest BCUT2D eigenvalue weighted by molar-refractivity contribution is -0.384. The highest BCUT2D eigenvalue weighted by atomic mass is 16.6. The summed E-state index contributed by atoms with van der Waals surface area (Å²) in [5.41, 5.74) is -0.884. The number of benzene rings is 1. The number of nitrogens with one attached hydrogen (secondary N) is 1. The van der Waals surface area contributed by atoms with Crippen LogP contribution in [0.4, 0.5) is 5.69 Å². The largest absolute Gasteiger partial charge is 0.493 e. The van der Waals surface area contributed by atoms with Gasteiger partial charge in [-0.3, -0.25) is 14.9 Å². The molecule has 1 atom stereocenters. The standard InChI is InChI=1S/C14H20N2O5/c1-4-20-13(17)14(2,15-3)8-9-21-12-7-5-6-11(10-12)16(18)19/h5-7,10,15H,4,8-9H2,1-3H3. The molecule has 1 aromatic carbocycles. The summed E-state index contributed by atoms with van der Waals surface area (Å²) in [4.78, 5) is 22.0. The average molecular weight is 296 g/mol. The highest BCUT2D eigenvalue weighted by molar-refractivity contribution is 5.80. The number of rotatable bonds is 8. The van der Waals surface area contributed by atoms with Gasteiger partial charge in [-0.1, -0.05) is 6.07 Å². The van der Waals surface area contributed by atoms with Crippen LogP contribution in [0, 0.1) is 10.1 Å². The Hall–Kier alpha value is -2.15. The zero-order valence-corrected chi connectivity index (χ0v) is 12.4. The first kappa shape index (κ1) is 16.9. The molecule has 0 saturated heterocycles. The lowest BCUT2D eigenvalue weighted by Gasteiger charge is -2.26. The number of hydrogen-bond donors (Lipinski definition) is 1. The van der Waals surface area contributed by atoms with E-state index >= 15 is 0 Å². The van der Waals surface area contributed by atoms with Crippen molar-refractivity contribution in [3.63, 3.8) is 0 Å².